The van der Waals surface area contributed by atoms with Gasteiger partial charge in [0.1, 0.15) is 5.52 Å². The van der Waals surface area contributed by atoms with E-state index in [4.69, 9.17) is 4.42 Å². The van der Waals surface area contributed by atoms with E-state index in [-0.39, 0.29) is 36.8 Å². The van der Waals surface area contributed by atoms with E-state index in [0.29, 0.717) is 5.89 Å². The molecule has 3 rings (SSSR count). The fraction of sp³-hybridized carbons (Fsp3) is 0.385. The Balaban J connectivity index is 0.000001000. The smallest absolute Gasteiger partial charge is 0.241 e. The molecule has 0 radical (unpaired) electrons. The second-order valence-corrected chi connectivity index (χ2v) is 4.55. The fourth-order valence-electron chi connectivity index (χ4n) is 2.26. The van der Waals surface area contributed by atoms with Gasteiger partial charge in [-0.2, -0.15) is 0 Å². The molecule has 0 bridgehead atoms. The summed E-state index contributed by atoms with van der Waals surface area (Å²) in [7, 11) is 0. The molecule has 0 unspecified atom stereocenters. The lowest BCUT2D eigenvalue weighted by atomic mass is 10.2. The SMILES string of the molecule is Cc1nc2cc(NC(=O)[C@@H]3CCCN3)ccc2o1.Cl.Cl. The van der Waals surface area contributed by atoms with E-state index >= 15 is 0 Å². The zero-order chi connectivity index (χ0) is 12.5. The van der Waals surface area contributed by atoms with E-state index in [1.807, 2.05) is 18.2 Å². The second-order valence-electron chi connectivity index (χ2n) is 4.55. The Hall–Kier alpha value is -1.30. The van der Waals surface area contributed by atoms with Crippen molar-refractivity contribution in [3.8, 4) is 0 Å². The number of rotatable bonds is 2. The van der Waals surface area contributed by atoms with Gasteiger partial charge in [0.05, 0.1) is 6.04 Å². The van der Waals surface area contributed by atoms with Crippen LogP contribution in [0, 0.1) is 6.92 Å². The third kappa shape index (κ3) is 3.42. The topological polar surface area (TPSA) is 67.2 Å². The zero-order valence-corrected chi connectivity index (χ0v) is 12.6. The standard InChI is InChI=1S/C13H15N3O2.2ClH/c1-8-15-11-7-9(4-5-12(11)18-8)16-13(17)10-3-2-6-14-10;;/h4-5,7,10,14H,2-3,6H2,1H3,(H,16,17);2*1H/t10-;;/m0../s1. The maximum atomic E-state index is 11.9. The Morgan fingerprint density at radius 1 is 1.45 bits per heavy atom. The van der Waals surface area contributed by atoms with Gasteiger partial charge in [0.25, 0.3) is 0 Å². The average Bonchev–Trinajstić information content (AvgIpc) is 2.95. The summed E-state index contributed by atoms with van der Waals surface area (Å²) in [4.78, 5) is 16.2. The number of carbonyl (C=O) groups excluding carboxylic acids is 1. The predicted molar refractivity (Wildman–Crippen MR) is 82.9 cm³/mol. The van der Waals surface area contributed by atoms with Gasteiger partial charge in [0, 0.05) is 12.6 Å². The average molecular weight is 318 g/mol. The van der Waals surface area contributed by atoms with Gasteiger partial charge < -0.3 is 15.1 Å². The molecule has 5 nitrogen and oxygen atoms in total. The summed E-state index contributed by atoms with van der Waals surface area (Å²) in [5, 5.41) is 6.07. The summed E-state index contributed by atoms with van der Waals surface area (Å²) in [5.74, 6) is 0.651. The molecule has 1 aromatic carbocycles. The maximum absolute atomic E-state index is 11.9. The van der Waals surface area contributed by atoms with Gasteiger partial charge >= 0.3 is 0 Å². The molecule has 2 heterocycles. The number of aromatic nitrogens is 1. The lowest BCUT2D eigenvalue weighted by Crippen LogP contribution is -2.35. The summed E-state index contributed by atoms with van der Waals surface area (Å²) < 4.78 is 5.39. The Morgan fingerprint density at radius 2 is 2.25 bits per heavy atom. The van der Waals surface area contributed by atoms with Crippen LogP contribution in [0.1, 0.15) is 18.7 Å². The maximum Gasteiger partial charge on any atom is 0.241 e. The van der Waals surface area contributed by atoms with Gasteiger partial charge in [-0.15, -0.1) is 24.8 Å². The molecule has 2 aromatic rings. The van der Waals surface area contributed by atoms with Crippen LogP contribution in [0.15, 0.2) is 22.6 Å². The highest BCUT2D eigenvalue weighted by Gasteiger charge is 2.21. The van der Waals surface area contributed by atoms with Gasteiger partial charge in [-0.05, 0) is 37.6 Å². The molecule has 1 saturated heterocycles. The van der Waals surface area contributed by atoms with Crippen LogP contribution in [0.4, 0.5) is 5.69 Å². The van der Waals surface area contributed by atoms with Crippen LogP contribution in [0.3, 0.4) is 0 Å². The van der Waals surface area contributed by atoms with E-state index in [0.717, 1.165) is 36.2 Å². The van der Waals surface area contributed by atoms with Crippen molar-refractivity contribution in [2.45, 2.75) is 25.8 Å². The third-order valence-corrected chi connectivity index (χ3v) is 3.14. The number of anilines is 1. The highest BCUT2D eigenvalue weighted by atomic mass is 35.5. The minimum atomic E-state index is -0.0697. The van der Waals surface area contributed by atoms with Crippen LogP contribution in [0.5, 0.6) is 0 Å². The Bertz CT molecular complexity index is 594. The second kappa shape index (κ2) is 6.92. The van der Waals surface area contributed by atoms with Gasteiger partial charge in [-0.1, -0.05) is 0 Å². The number of aryl methyl sites for hydroxylation is 1. The van der Waals surface area contributed by atoms with E-state index in [1.165, 1.54) is 0 Å². The first kappa shape index (κ1) is 16.8. The molecule has 1 fully saturated rings. The Labute approximate surface area is 129 Å². The molecule has 0 aliphatic carbocycles. The number of amides is 1. The van der Waals surface area contributed by atoms with Crippen LogP contribution in [0.2, 0.25) is 0 Å². The molecule has 110 valence electrons. The molecule has 0 spiro atoms. The van der Waals surface area contributed by atoms with Crippen molar-refractivity contribution >= 4 is 47.5 Å². The van der Waals surface area contributed by atoms with Crippen molar-refractivity contribution in [1.29, 1.82) is 0 Å². The van der Waals surface area contributed by atoms with Gasteiger partial charge in [0.15, 0.2) is 11.5 Å². The molecule has 1 atom stereocenters. The molecular formula is C13H17Cl2N3O2. The molecule has 1 aromatic heterocycles. The molecule has 1 aliphatic rings. The van der Waals surface area contributed by atoms with Crippen LogP contribution in [-0.4, -0.2) is 23.5 Å². The third-order valence-electron chi connectivity index (χ3n) is 3.14. The summed E-state index contributed by atoms with van der Waals surface area (Å²) in [5.41, 5.74) is 2.27. The molecule has 0 saturated carbocycles. The van der Waals surface area contributed by atoms with E-state index in [9.17, 15) is 4.79 Å². The van der Waals surface area contributed by atoms with Crippen molar-refractivity contribution < 1.29 is 9.21 Å². The van der Waals surface area contributed by atoms with Crippen molar-refractivity contribution in [3.63, 3.8) is 0 Å². The lowest BCUT2D eigenvalue weighted by molar-refractivity contribution is -0.117. The first-order valence-electron chi connectivity index (χ1n) is 6.14. The number of nitrogens with one attached hydrogen (secondary N) is 2. The minimum Gasteiger partial charge on any atom is -0.441 e. The summed E-state index contributed by atoms with van der Waals surface area (Å²) in [6, 6.07) is 5.42. The van der Waals surface area contributed by atoms with Crippen LogP contribution in [-0.2, 0) is 4.79 Å². The van der Waals surface area contributed by atoms with Gasteiger partial charge in [-0.3, -0.25) is 4.79 Å². The predicted octanol–water partition coefficient (Wildman–Crippen LogP) is 2.67. The quantitative estimate of drug-likeness (QED) is 0.893. The minimum absolute atomic E-state index is 0. The van der Waals surface area contributed by atoms with Gasteiger partial charge in [0.2, 0.25) is 5.91 Å². The number of oxazole rings is 1. The normalized spacial score (nSPS) is 17.4. The number of nitrogens with zero attached hydrogens (tertiary/aromatic N) is 1. The number of fused-ring (bicyclic) bond motifs is 1. The highest BCUT2D eigenvalue weighted by Crippen LogP contribution is 2.20. The van der Waals surface area contributed by atoms with Crippen molar-refractivity contribution in [1.82, 2.24) is 10.3 Å². The van der Waals surface area contributed by atoms with Gasteiger partial charge in [-0.25, -0.2) is 4.98 Å². The van der Waals surface area contributed by atoms with E-state index in [2.05, 4.69) is 15.6 Å². The van der Waals surface area contributed by atoms with Crippen LogP contribution >= 0.6 is 24.8 Å². The van der Waals surface area contributed by atoms with E-state index in [1.54, 1.807) is 6.92 Å². The molecule has 20 heavy (non-hydrogen) atoms. The molecular weight excluding hydrogens is 301 g/mol. The monoisotopic (exact) mass is 317 g/mol. The van der Waals surface area contributed by atoms with Crippen LogP contribution < -0.4 is 10.6 Å². The highest BCUT2D eigenvalue weighted by molar-refractivity contribution is 5.96. The number of carbonyl (C=O) groups is 1. The number of halogens is 2. The Morgan fingerprint density at radius 3 is 2.95 bits per heavy atom. The summed E-state index contributed by atoms with van der Waals surface area (Å²) >= 11 is 0. The fourth-order valence-corrected chi connectivity index (χ4v) is 2.26. The van der Waals surface area contributed by atoms with E-state index < -0.39 is 0 Å². The lowest BCUT2D eigenvalue weighted by Gasteiger charge is -2.10. The molecule has 1 aliphatic heterocycles. The number of hydrogen-bond acceptors (Lipinski definition) is 4. The van der Waals surface area contributed by atoms with Crippen LogP contribution in [0.25, 0.3) is 11.1 Å². The molecule has 1 amide bonds. The number of benzene rings is 1. The summed E-state index contributed by atoms with van der Waals surface area (Å²) in [6.45, 7) is 2.72. The van der Waals surface area contributed by atoms with Crippen molar-refractivity contribution in [2.75, 3.05) is 11.9 Å². The van der Waals surface area contributed by atoms with Crippen molar-refractivity contribution in [3.05, 3.63) is 24.1 Å². The zero-order valence-electron chi connectivity index (χ0n) is 11.0. The largest absolute Gasteiger partial charge is 0.441 e. The first-order chi connectivity index (χ1) is 8.72. The first-order valence-corrected chi connectivity index (χ1v) is 6.14. The van der Waals surface area contributed by atoms with Crippen molar-refractivity contribution in [2.24, 2.45) is 0 Å². The molecule has 7 heteroatoms. The summed E-state index contributed by atoms with van der Waals surface area (Å²) in [6.07, 6.45) is 1.96. The molecule has 2 N–H and O–H groups in total. The Kier molecular flexibility index (Phi) is 5.80. The number of hydrogen-bond donors (Lipinski definition) is 2.